The van der Waals surface area contributed by atoms with Crippen LogP contribution in [0.4, 0.5) is 0 Å². The van der Waals surface area contributed by atoms with E-state index in [2.05, 4.69) is 19.2 Å². The molecule has 22 heavy (non-hydrogen) atoms. The number of amides is 2. The first-order valence-electron chi connectivity index (χ1n) is 8.36. The molecule has 1 saturated carbocycles. The summed E-state index contributed by atoms with van der Waals surface area (Å²) in [4.78, 5) is 27.2. The monoisotopic (exact) mass is 308 g/mol. The molecule has 1 N–H and O–H groups in total. The normalized spacial score (nSPS) is 28.1. The first-order valence-corrected chi connectivity index (χ1v) is 8.36. The minimum absolute atomic E-state index is 0.0644. The van der Waals surface area contributed by atoms with E-state index in [0.717, 1.165) is 13.1 Å². The van der Waals surface area contributed by atoms with Crippen LogP contribution >= 0.6 is 0 Å². The zero-order valence-electron chi connectivity index (χ0n) is 15.4. The molecule has 2 fully saturated rings. The first-order chi connectivity index (χ1) is 9.76. The highest BCUT2D eigenvalue weighted by atomic mass is 16.2. The van der Waals surface area contributed by atoms with Crippen molar-refractivity contribution >= 4 is 11.8 Å². The molecule has 2 aliphatic rings. The number of carbonyl (C=O) groups excluding carboxylic acids is 2. The van der Waals surface area contributed by atoms with Crippen molar-refractivity contribution in [3.8, 4) is 0 Å². The standard InChI is InChI=1S/C18H32N2O2/c1-16(2,3)13(19-15(22)17(4,5)6)14(21)20-9-11-12(10-20)18(11,7)8/h11-13H,9-10H2,1-8H3,(H,19,22). The third kappa shape index (κ3) is 3.02. The van der Waals surface area contributed by atoms with Crippen molar-refractivity contribution in [2.24, 2.45) is 28.1 Å². The maximum Gasteiger partial charge on any atom is 0.245 e. The van der Waals surface area contributed by atoms with Gasteiger partial charge in [-0.2, -0.15) is 0 Å². The highest BCUT2D eigenvalue weighted by molar-refractivity contribution is 5.90. The van der Waals surface area contributed by atoms with Crippen molar-refractivity contribution in [1.82, 2.24) is 10.2 Å². The van der Waals surface area contributed by atoms with E-state index in [9.17, 15) is 9.59 Å². The summed E-state index contributed by atoms with van der Waals surface area (Å²) in [6, 6.07) is -0.458. The zero-order chi connectivity index (χ0) is 17.1. The van der Waals surface area contributed by atoms with E-state index in [-0.39, 0.29) is 17.2 Å². The Hall–Kier alpha value is -1.06. The van der Waals surface area contributed by atoms with Gasteiger partial charge in [0.15, 0.2) is 0 Å². The summed E-state index contributed by atoms with van der Waals surface area (Å²) in [6.07, 6.45) is 0. The van der Waals surface area contributed by atoms with E-state index >= 15 is 0 Å². The molecule has 1 aliphatic carbocycles. The molecular weight excluding hydrogens is 276 g/mol. The SMILES string of the molecule is CC(C)(C)C(=O)NC(C(=O)N1CC2C(C1)C2(C)C)C(C)(C)C. The minimum atomic E-state index is -0.487. The smallest absolute Gasteiger partial charge is 0.245 e. The molecule has 0 aromatic carbocycles. The number of hydrogen-bond donors (Lipinski definition) is 1. The number of rotatable bonds is 2. The van der Waals surface area contributed by atoms with E-state index in [1.54, 1.807) is 0 Å². The van der Waals surface area contributed by atoms with Crippen molar-refractivity contribution in [3.63, 3.8) is 0 Å². The van der Waals surface area contributed by atoms with Crippen LogP contribution < -0.4 is 5.32 Å². The second kappa shape index (κ2) is 4.97. The molecule has 0 aromatic rings. The summed E-state index contributed by atoms with van der Waals surface area (Å²) in [7, 11) is 0. The van der Waals surface area contributed by atoms with Crippen molar-refractivity contribution in [1.29, 1.82) is 0 Å². The Balaban J connectivity index is 2.08. The average Bonchev–Trinajstić information content (AvgIpc) is 2.75. The number of piperidine rings is 1. The van der Waals surface area contributed by atoms with Crippen LogP contribution in [-0.4, -0.2) is 35.8 Å². The lowest BCUT2D eigenvalue weighted by Crippen LogP contribution is -2.56. The fourth-order valence-corrected chi connectivity index (χ4v) is 3.49. The lowest BCUT2D eigenvalue weighted by molar-refractivity contribution is -0.141. The van der Waals surface area contributed by atoms with Crippen LogP contribution in [0.1, 0.15) is 55.4 Å². The predicted octanol–water partition coefficient (Wildman–Crippen LogP) is 2.68. The quantitative estimate of drug-likeness (QED) is 0.852. The van der Waals surface area contributed by atoms with Gasteiger partial charge in [0, 0.05) is 18.5 Å². The molecule has 3 unspecified atom stereocenters. The van der Waals surface area contributed by atoms with Crippen LogP contribution in [0.3, 0.4) is 0 Å². The molecule has 0 spiro atoms. The minimum Gasteiger partial charge on any atom is -0.343 e. The van der Waals surface area contributed by atoms with Gasteiger partial charge >= 0.3 is 0 Å². The van der Waals surface area contributed by atoms with Gasteiger partial charge in [-0.1, -0.05) is 55.4 Å². The molecule has 3 atom stereocenters. The molecule has 2 amide bonds. The Morgan fingerprint density at radius 2 is 1.50 bits per heavy atom. The third-order valence-corrected chi connectivity index (χ3v) is 5.50. The maximum absolute atomic E-state index is 12.9. The van der Waals surface area contributed by atoms with Crippen LogP contribution in [0.15, 0.2) is 0 Å². The molecule has 4 nitrogen and oxygen atoms in total. The van der Waals surface area contributed by atoms with Gasteiger partial charge < -0.3 is 10.2 Å². The molecule has 0 radical (unpaired) electrons. The topological polar surface area (TPSA) is 49.4 Å². The molecular formula is C18H32N2O2. The van der Waals surface area contributed by atoms with Gasteiger partial charge in [-0.05, 0) is 22.7 Å². The Morgan fingerprint density at radius 3 is 1.86 bits per heavy atom. The number of nitrogens with one attached hydrogen (secondary N) is 1. The Morgan fingerprint density at radius 1 is 1.05 bits per heavy atom. The van der Waals surface area contributed by atoms with Gasteiger partial charge in [0.1, 0.15) is 6.04 Å². The van der Waals surface area contributed by atoms with E-state index in [1.165, 1.54) is 0 Å². The lowest BCUT2D eigenvalue weighted by atomic mass is 9.84. The Bertz CT molecular complexity index is 468. The molecule has 2 rings (SSSR count). The lowest BCUT2D eigenvalue weighted by Gasteiger charge is -2.36. The second-order valence-corrected chi connectivity index (χ2v) is 9.80. The van der Waals surface area contributed by atoms with E-state index in [0.29, 0.717) is 17.3 Å². The van der Waals surface area contributed by atoms with E-state index in [1.807, 2.05) is 46.4 Å². The van der Waals surface area contributed by atoms with Crippen LogP contribution in [0, 0.1) is 28.1 Å². The van der Waals surface area contributed by atoms with Crippen molar-refractivity contribution < 1.29 is 9.59 Å². The highest BCUT2D eigenvalue weighted by Gasteiger charge is 2.63. The van der Waals surface area contributed by atoms with Gasteiger partial charge in [-0.25, -0.2) is 0 Å². The predicted molar refractivity (Wildman–Crippen MR) is 88.2 cm³/mol. The molecule has 4 heteroatoms. The summed E-state index contributed by atoms with van der Waals surface area (Å²) >= 11 is 0. The van der Waals surface area contributed by atoms with Crippen molar-refractivity contribution in [3.05, 3.63) is 0 Å². The summed E-state index contributed by atoms with van der Waals surface area (Å²) in [5.74, 6) is 1.28. The fourth-order valence-electron chi connectivity index (χ4n) is 3.49. The van der Waals surface area contributed by atoms with E-state index in [4.69, 9.17) is 0 Å². The Labute approximate surface area is 135 Å². The van der Waals surface area contributed by atoms with Crippen molar-refractivity contribution in [2.75, 3.05) is 13.1 Å². The van der Waals surface area contributed by atoms with Gasteiger partial charge in [0.25, 0.3) is 0 Å². The molecule has 1 saturated heterocycles. The number of fused-ring (bicyclic) bond motifs is 1. The summed E-state index contributed by atoms with van der Waals surface area (Å²) < 4.78 is 0. The van der Waals surface area contributed by atoms with Crippen LogP contribution in [0.25, 0.3) is 0 Å². The van der Waals surface area contributed by atoms with Gasteiger partial charge in [-0.3, -0.25) is 9.59 Å². The number of carbonyl (C=O) groups is 2. The van der Waals surface area contributed by atoms with Crippen molar-refractivity contribution in [2.45, 2.75) is 61.4 Å². The third-order valence-electron chi connectivity index (χ3n) is 5.50. The highest BCUT2D eigenvalue weighted by Crippen LogP contribution is 2.62. The number of nitrogens with zero attached hydrogens (tertiary/aromatic N) is 1. The van der Waals surface area contributed by atoms with Gasteiger partial charge in [-0.15, -0.1) is 0 Å². The molecule has 0 bridgehead atoms. The van der Waals surface area contributed by atoms with Gasteiger partial charge in [0.05, 0.1) is 0 Å². The fraction of sp³-hybridized carbons (Fsp3) is 0.889. The average molecular weight is 308 g/mol. The van der Waals surface area contributed by atoms with Crippen LogP contribution in [0.5, 0.6) is 0 Å². The second-order valence-electron chi connectivity index (χ2n) is 9.80. The molecule has 126 valence electrons. The first kappa shape index (κ1) is 17.3. The largest absolute Gasteiger partial charge is 0.343 e. The van der Waals surface area contributed by atoms with Crippen LogP contribution in [0.2, 0.25) is 0 Å². The summed E-state index contributed by atoms with van der Waals surface area (Å²) in [5, 5.41) is 2.99. The molecule has 1 aliphatic heterocycles. The Kier molecular flexibility index (Phi) is 3.91. The molecule has 0 aromatic heterocycles. The summed E-state index contributed by atoms with van der Waals surface area (Å²) in [5.41, 5.74) is -0.387. The number of likely N-dealkylation sites (tertiary alicyclic amines) is 1. The number of hydrogen-bond acceptors (Lipinski definition) is 2. The maximum atomic E-state index is 12.9. The van der Waals surface area contributed by atoms with Gasteiger partial charge in [0.2, 0.25) is 11.8 Å². The summed E-state index contributed by atoms with van der Waals surface area (Å²) in [6.45, 7) is 17.9. The van der Waals surface area contributed by atoms with Crippen LogP contribution in [-0.2, 0) is 9.59 Å². The molecule has 1 heterocycles. The van der Waals surface area contributed by atoms with E-state index < -0.39 is 11.5 Å². The zero-order valence-corrected chi connectivity index (χ0v) is 15.4.